The summed E-state index contributed by atoms with van der Waals surface area (Å²) < 4.78 is 15.5. The lowest BCUT2D eigenvalue weighted by Crippen LogP contribution is -2.10. The predicted molar refractivity (Wildman–Crippen MR) is 63.8 cm³/mol. The largest absolute Gasteiger partial charge is 0.489 e. The van der Waals surface area contributed by atoms with E-state index in [1.807, 2.05) is 6.07 Å². The molecule has 0 heterocycles. The van der Waals surface area contributed by atoms with Crippen LogP contribution in [0, 0.1) is 11.3 Å². The molecule has 92 valence electrons. The molecule has 1 aromatic carbocycles. The van der Waals surface area contributed by atoms with Crippen LogP contribution in [0.15, 0.2) is 18.2 Å². The van der Waals surface area contributed by atoms with Crippen LogP contribution < -0.4 is 10.5 Å². The van der Waals surface area contributed by atoms with Gasteiger partial charge < -0.3 is 19.9 Å². The fourth-order valence-corrected chi connectivity index (χ4v) is 1.18. The number of nitrogen functional groups attached to an aromatic ring is 1. The highest BCUT2D eigenvalue weighted by molar-refractivity contribution is 5.55. The summed E-state index contributed by atoms with van der Waals surface area (Å²) in [5.41, 5.74) is 6.75. The summed E-state index contributed by atoms with van der Waals surface area (Å²) in [6.45, 7) is 1.95. The Bertz CT molecular complexity index is 388. The molecule has 5 nitrogen and oxygen atoms in total. The van der Waals surface area contributed by atoms with Gasteiger partial charge in [0.1, 0.15) is 12.4 Å². The Labute approximate surface area is 101 Å². The van der Waals surface area contributed by atoms with Gasteiger partial charge in [0.15, 0.2) is 0 Å². The molecule has 0 aromatic heterocycles. The summed E-state index contributed by atoms with van der Waals surface area (Å²) in [4.78, 5) is 0. The topological polar surface area (TPSA) is 77.5 Å². The first-order chi connectivity index (χ1) is 8.27. The third-order valence-corrected chi connectivity index (χ3v) is 2.06. The zero-order valence-electron chi connectivity index (χ0n) is 9.81. The second kappa shape index (κ2) is 7.49. The standard InChI is InChI=1S/C12H16N2O3/c1-15-4-5-16-6-7-17-12-8-10(9-13)2-3-11(12)14/h2-3,8H,4-7,14H2,1H3. The smallest absolute Gasteiger partial charge is 0.143 e. The number of benzene rings is 1. The molecule has 0 saturated carbocycles. The van der Waals surface area contributed by atoms with Crippen LogP contribution in [-0.4, -0.2) is 33.5 Å². The second-order valence-electron chi connectivity index (χ2n) is 3.32. The number of nitrogens with zero attached hydrogens (tertiary/aromatic N) is 1. The lowest BCUT2D eigenvalue weighted by Gasteiger charge is -2.09. The van der Waals surface area contributed by atoms with Gasteiger partial charge in [-0.15, -0.1) is 0 Å². The maximum Gasteiger partial charge on any atom is 0.143 e. The molecule has 0 aliphatic carbocycles. The minimum atomic E-state index is 0.392. The summed E-state index contributed by atoms with van der Waals surface area (Å²) >= 11 is 0. The van der Waals surface area contributed by atoms with Crippen molar-refractivity contribution in [2.24, 2.45) is 0 Å². The van der Waals surface area contributed by atoms with Gasteiger partial charge in [-0.3, -0.25) is 0 Å². The van der Waals surface area contributed by atoms with Crippen molar-refractivity contribution in [2.45, 2.75) is 0 Å². The first kappa shape index (κ1) is 13.3. The average molecular weight is 236 g/mol. The summed E-state index contributed by atoms with van der Waals surface area (Å²) in [5.74, 6) is 0.513. The Hall–Kier alpha value is -1.77. The molecular formula is C12H16N2O3. The van der Waals surface area contributed by atoms with Crippen LogP contribution in [0.1, 0.15) is 5.56 Å². The third-order valence-electron chi connectivity index (χ3n) is 2.06. The van der Waals surface area contributed by atoms with E-state index in [1.165, 1.54) is 0 Å². The van der Waals surface area contributed by atoms with Gasteiger partial charge in [-0.1, -0.05) is 0 Å². The summed E-state index contributed by atoms with van der Waals surface area (Å²) in [7, 11) is 1.62. The van der Waals surface area contributed by atoms with E-state index >= 15 is 0 Å². The lowest BCUT2D eigenvalue weighted by molar-refractivity contribution is 0.0545. The Balaban J connectivity index is 2.33. The number of ether oxygens (including phenoxy) is 3. The van der Waals surface area contributed by atoms with E-state index in [4.69, 9.17) is 25.2 Å². The molecule has 17 heavy (non-hydrogen) atoms. The van der Waals surface area contributed by atoms with Crippen molar-refractivity contribution in [2.75, 3.05) is 39.3 Å². The molecule has 0 aliphatic rings. The zero-order valence-corrected chi connectivity index (χ0v) is 9.81. The van der Waals surface area contributed by atoms with Crippen molar-refractivity contribution in [3.63, 3.8) is 0 Å². The number of nitriles is 1. The maximum atomic E-state index is 8.74. The van der Waals surface area contributed by atoms with E-state index in [9.17, 15) is 0 Å². The molecule has 0 unspecified atom stereocenters. The molecule has 0 spiro atoms. The monoisotopic (exact) mass is 236 g/mol. The van der Waals surface area contributed by atoms with Gasteiger partial charge in [0.25, 0.3) is 0 Å². The van der Waals surface area contributed by atoms with Gasteiger partial charge in [-0.2, -0.15) is 5.26 Å². The van der Waals surface area contributed by atoms with Crippen molar-refractivity contribution in [3.8, 4) is 11.8 Å². The lowest BCUT2D eigenvalue weighted by atomic mass is 10.2. The van der Waals surface area contributed by atoms with Crippen LogP contribution in [0.5, 0.6) is 5.75 Å². The Kier molecular flexibility index (Phi) is 5.86. The van der Waals surface area contributed by atoms with Crippen LogP contribution in [-0.2, 0) is 9.47 Å². The van der Waals surface area contributed by atoms with E-state index in [0.717, 1.165) is 0 Å². The molecule has 0 radical (unpaired) electrons. The van der Waals surface area contributed by atoms with E-state index in [-0.39, 0.29) is 0 Å². The maximum absolute atomic E-state index is 8.74. The number of nitrogens with two attached hydrogens (primary N) is 1. The van der Waals surface area contributed by atoms with Crippen molar-refractivity contribution in [3.05, 3.63) is 23.8 Å². The molecule has 1 aromatic rings. The molecule has 0 aliphatic heterocycles. The molecule has 0 saturated heterocycles. The molecule has 0 atom stereocenters. The molecule has 1 rings (SSSR count). The first-order valence-electron chi connectivity index (χ1n) is 5.27. The average Bonchev–Trinajstić information content (AvgIpc) is 2.35. The number of anilines is 1. The zero-order chi connectivity index (χ0) is 12.5. The van der Waals surface area contributed by atoms with Crippen molar-refractivity contribution < 1.29 is 14.2 Å². The van der Waals surface area contributed by atoms with Gasteiger partial charge >= 0.3 is 0 Å². The van der Waals surface area contributed by atoms with Crippen molar-refractivity contribution in [1.82, 2.24) is 0 Å². The molecule has 5 heteroatoms. The van der Waals surface area contributed by atoms with Gasteiger partial charge in [-0.05, 0) is 12.1 Å². The van der Waals surface area contributed by atoms with Crippen LogP contribution in [0.3, 0.4) is 0 Å². The number of rotatable bonds is 7. The van der Waals surface area contributed by atoms with E-state index in [0.29, 0.717) is 43.4 Å². The van der Waals surface area contributed by atoms with Crippen LogP contribution in [0.4, 0.5) is 5.69 Å². The quantitative estimate of drug-likeness (QED) is 0.568. The summed E-state index contributed by atoms with van der Waals surface area (Å²) in [6.07, 6.45) is 0. The number of methoxy groups -OCH3 is 1. The Morgan fingerprint density at radius 3 is 2.71 bits per heavy atom. The normalized spacial score (nSPS) is 9.88. The Morgan fingerprint density at radius 2 is 2.00 bits per heavy atom. The van der Waals surface area contributed by atoms with Crippen molar-refractivity contribution >= 4 is 5.69 Å². The minimum absolute atomic E-state index is 0.392. The minimum Gasteiger partial charge on any atom is -0.489 e. The predicted octanol–water partition coefficient (Wildman–Crippen LogP) is 1.18. The van der Waals surface area contributed by atoms with E-state index in [2.05, 4.69) is 0 Å². The molecule has 2 N–H and O–H groups in total. The SMILES string of the molecule is COCCOCCOc1cc(C#N)ccc1N. The highest BCUT2D eigenvalue weighted by Crippen LogP contribution is 2.22. The van der Waals surface area contributed by atoms with E-state index in [1.54, 1.807) is 25.3 Å². The van der Waals surface area contributed by atoms with E-state index < -0.39 is 0 Å². The molecule has 0 amide bonds. The highest BCUT2D eigenvalue weighted by atomic mass is 16.5. The summed E-state index contributed by atoms with van der Waals surface area (Å²) in [6, 6.07) is 6.95. The molecule has 0 bridgehead atoms. The summed E-state index contributed by atoms with van der Waals surface area (Å²) in [5, 5.41) is 8.74. The van der Waals surface area contributed by atoms with Gasteiger partial charge in [0, 0.05) is 13.2 Å². The van der Waals surface area contributed by atoms with Crippen LogP contribution in [0.25, 0.3) is 0 Å². The molecule has 0 fully saturated rings. The number of hydrogen-bond acceptors (Lipinski definition) is 5. The van der Waals surface area contributed by atoms with Gasteiger partial charge in [-0.25, -0.2) is 0 Å². The van der Waals surface area contributed by atoms with Crippen molar-refractivity contribution in [1.29, 1.82) is 5.26 Å². The van der Waals surface area contributed by atoms with Crippen LogP contribution >= 0.6 is 0 Å². The second-order valence-corrected chi connectivity index (χ2v) is 3.32. The third kappa shape index (κ3) is 4.72. The van der Waals surface area contributed by atoms with Crippen LogP contribution in [0.2, 0.25) is 0 Å². The first-order valence-corrected chi connectivity index (χ1v) is 5.27. The van der Waals surface area contributed by atoms with Gasteiger partial charge in [0.05, 0.1) is 37.1 Å². The van der Waals surface area contributed by atoms with Gasteiger partial charge in [0.2, 0.25) is 0 Å². The molecular weight excluding hydrogens is 220 g/mol. The fourth-order valence-electron chi connectivity index (χ4n) is 1.18. The highest BCUT2D eigenvalue weighted by Gasteiger charge is 2.01. The number of hydrogen-bond donors (Lipinski definition) is 1. The fraction of sp³-hybridized carbons (Fsp3) is 0.417. The Morgan fingerprint density at radius 1 is 1.24 bits per heavy atom.